The zero-order valence-electron chi connectivity index (χ0n) is 18.5. The number of Topliss-reactive ketones (excluding diaryl/α,β-unsaturated/α-hetero) is 1. The van der Waals surface area contributed by atoms with Gasteiger partial charge in [0.1, 0.15) is 17.2 Å². The largest absolute Gasteiger partial charge is 0.508 e. The minimum Gasteiger partial charge on any atom is -0.508 e. The lowest BCUT2D eigenvalue weighted by molar-refractivity contribution is 0.101. The number of fused-ring (bicyclic) bond motifs is 2. The fourth-order valence-electron chi connectivity index (χ4n) is 4.25. The molecule has 0 atom stereocenters. The molecule has 0 spiro atoms. The number of aromatic hydroxyl groups is 1. The average Bonchev–Trinajstić information content (AvgIpc) is 3.36. The van der Waals surface area contributed by atoms with Gasteiger partial charge in [0.2, 0.25) is 5.78 Å². The Morgan fingerprint density at radius 3 is 2.76 bits per heavy atom. The molecule has 0 unspecified atom stereocenters. The summed E-state index contributed by atoms with van der Waals surface area (Å²) in [4.78, 5) is 17.1. The number of methoxy groups -OCH3 is 1. The van der Waals surface area contributed by atoms with Crippen molar-refractivity contribution in [3.05, 3.63) is 77.9 Å². The number of nitriles is 1. The Morgan fingerprint density at radius 2 is 2.00 bits per heavy atom. The van der Waals surface area contributed by atoms with E-state index in [4.69, 9.17) is 14.7 Å². The number of ketones is 1. The SMILES string of the molecule is COc1cc(-c2ccncc2)c2c(c1)c(/C=C1\Oc3cc(O)ccc3C1=O)cn2CCCC#N. The van der Waals surface area contributed by atoms with Gasteiger partial charge in [-0.2, -0.15) is 5.26 Å². The number of allylic oxidation sites excluding steroid dienone is 1. The first-order valence-corrected chi connectivity index (χ1v) is 10.8. The summed E-state index contributed by atoms with van der Waals surface area (Å²) < 4.78 is 13.5. The number of phenols is 1. The lowest BCUT2D eigenvalue weighted by Crippen LogP contribution is -1.98. The van der Waals surface area contributed by atoms with Gasteiger partial charge < -0.3 is 19.1 Å². The van der Waals surface area contributed by atoms with E-state index in [0.29, 0.717) is 36.4 Å². The number of phenolic OH excluding ortho intramolecular Hbond substituents is 1. The summed E-state index contributed by atoms with van der Waals surface area (Å²) in [5.74, 6) is 1.00. The summed E-state index contributed by atoms with van der Waals surface area (Å²) in [6.45, 7) is 0.639. The van der Waals surface area contributed by atoms with Gasteiger partial charge in [-0.1, -0.05) is 0 Å². The molecule has 168 valence electrons. The third-order valence-corrected chi connectivity index (χ3v) is 5.83. The lowest BCUT2D eigenvalue weighted by Gasteiger charge is -2.11. The van der Waals surface area contributed by atoms with Gasteiger partial charge in [0, 0.05) is 54.1 Å². The molecule has 1 aliphatic rings. The molecule has 1 aliphatic heterocycles. The summed E-state index contributed by atoms with van der Waals surface area (Å²) in [7, 11) is 1.62. The Balaban J connectivity index is 1.69. The standard InChI is InChI=1S/C27H21N3O4/c1-33-20-14-22(17-6-9-29-10-7-17)26-23(15-20)18(16-30(26)11-3-2-8-28)12-25-27(32)21-5-4-19(31)13-24(21)34-25/h4-7,9-10,12-16,31H,2-3,11H2,1H3/b25-12-. The second-order valence-electron chi connectivity index (χ2n) is 7.97. The molecule has 1 N–H and O–H groups in total. The highest BCUT2D eigenvalue weighted by molar-refractivity contribution is 6.15. The quantitative estimate of drug-likeness (QED) is 0.314. The Morgan fingerprint density at radius 1 is 1.18 bits per heavy atom. The number of nitrogens with zero attached hydrogens (tertiary/aromatic N) is 3. The van der Waals surface area contributed by atoms with Crippen molar-refractivity contribution in [2.75, 3.05) is 7.11 Å². The van der Waals surface area contributed by atoms with Crippen LogP contribution in [0.4, 0.5) is 0 Å². The summed E-state index contributed by atoms with van der Waals surface area (Å²) in [6.07, 6.45) is 8.30. The Bertz CT molecular complexity index is 1480. The molecule has 5 rings (SSSR count). The molecule has 4 aromatic rings. The van der Waals surface area contributed by atoms with Gasteiger partial charge in [-0.25, -0.2) is 0 Å². The van der Waals surface area contributed by atoms with E-state index in [-0.39, 0.29) is 17.3 Å². The normalized spacial score (nSPS) is 13.6. The van der Waals surface area contributed by atoms with Gasteiger partial charge >= 0.3 is 0 Å². The zero-order chi connectivity index (χ0) is 23.7. The summed E-state index contributed by atoms with van der Waals surface area (Å²) in [5.41, 5.74) is 4.12. The maximum Gasteiger partial charge on any atom is 0.231 e. The van der Waals surface area contributed by atoms with E-state index < -0.39 is 0 Å². The molecule has 0 saturated heterocycles. The minimum atomic E-state index is -0.238. The van der Waals surface area contributed by atoms with E-state index in [2.05, 4.69) is 15.6 Å². The molecule has 7 nitrogen and oxygen atoms in total. The molecule has 0 amide bonds. The van der Waals surface area contributed by atoms with Crippen molar-refractivity contribution in [3.63, 3.8) is 0 Å². The van der Waals surface area contributed by atoms with Crippen LogP contribution in [0.3, 0.4) is 0 Å². The van der Waals surface area contributed by atoms with Crippen LogP contribution in [0.15, 0.2) is 66.8 Å². The van der Waals surface area contributed by atoms with Crippen LogP contribution < -0.4 is 9.47 Å². The van der Waals surface area contributed by atoms with Crippen LogP contribution in [0.1, 0.15) is 28.8 Å². The maximum absolute atomic E-state index is 12.9. The van der Waals surface area contributed by atoms with Gasteiger partial charge in [-0.05, 0) is 54.5 Å². The fraction of sp³-hybridized carbons (Fsp3) is 0.148. The van der Waals surface area contributed by atoms with E-state index in [1.54, 1.807) is 31.6 Å². The summed E-state index contributed by atoms with van der Waals surface area (Å²) in [5, 5.41) is 19.7. The first-order valence-electron chi connectivity index (χ1n) is 10.8. The van der Waals surface area contributed by atoms with E-state index in [9.17, 15) is 9.90 Å². The first-order chi connectivity index (χ1) is 16.6. The van der Waals surface area contributed by atoms with Crippen molar-refractivity contribution in [2.24, 2.45) is 0 Å². The molecule has 3 heterocycles. The van der Waals surface area contributed by atoms with Crippen molar-refractivity contribution in [2.45, 2.75) is 19.4 Å². The molecular weight excluding hydrogens is 430 g/mol. The topological polar surface area (TPSA) is 97.4 Å². The van der Waals surface area contributed by atoms with Gasteiger partial charge in [0.05, 0.1) is 24.3 Å². The molecule has 2 aromatic heterocycles. The van der Waals surface area contributed by atoms with Gasteiger partial charge in [0.25, 0.3) is 0 Å². The third-order valence-electron chi connectivity index (χ3n) is 5.83. The second-order valence-corrected chi connectivity index (χ2v) is 7.97. The number of rotatable bonds is 6. The number of pyridine rings is 1. The molecule has 0 fully saturated rings. The highest BCUT2D eigenvalue weighted by atomic mass is 16.5. The van der Waals surface area contributed by atoms with Crippen LogP contribution in [0.2, 0.25) is 0 Å². The predicted octanol–water partition coefficient (Wildman–Crippen LogP) is 5.34. The van der Waals surface area contributed by atoms with Gasteiger partial charge in [-0.3, -0.25) is 9.78 Å². The van der Waals surface area contributed by atoms with Crippen LogP contribution in [-0.4, -0.2) is 27.6 Å². The first kappa shape index (κ1) is 21.3. The number of benzene rings is 2. The minimum absolute atomic E-state index is 0.0358. The zero-order valence-corrected chi connectivity index (χ0v) is 18.5. The summed E-state index contributed by atoms with van der Waals surface area (Å²) >= 11 is 0. The van der Waals surface area contributed by atoms with Crippen LogP contribution in [0.5, 0.6) is 17.2 Å². The molecule has 0 radical (unpaired) electrons. The van der Waals surface area contributed by atoms with Crippen LogP contribution in [0.25, 0.3) is 28.1 Å². The summed E-state index contributed by atoms with van der Waals surface area (Å²) in [6, 6.07) is 14.4. The molecule has 2 aromatic carbocycles. The number of carbonyl (C=O) groups is 1. The maximum atomic E-state index is 12.9. The van der Waals surface area contributed by atoms with E-state index in [1.165, 1.54) is 12.1 Å². The van der Waals surface area contributed by atoms with Crippen molar-refractivity contribution in [3.8, 4) is 34.4 Å². The van der Waals surface area contributed by atoms with Crippen LogP contribution in [0, 0.1) is 11.3 Å². The Kier molecular flexibility index (Phi) is 5.48. The molecular formula is C27H21N3O4. The average molecular weight is 451 g/mol. The highest BCUT2D eigenvalue weighted by Crippen LogP contribution is 2.39. The monoisotopic (exact) mass is 451 g/mol. The number of aryl methyl sites for hydroxylation is 1. The van der Waals surface area contributed by atoms with Crippen molar-refractivity contribution < 1.29 is 19.4 Å². The number of hydrogen-bond donors (Lipinski definition) is 1. The van der Waals surface area contributed by atoms with E-state index in [1.807, 2.05) is 30.5 Å². The smallest absolute Gasteiger partial charge is 0.231 e. The van der Waals surface area contributed by atoms with Crippen LogP contribution >= 0.6 is 0 Å². The van der Waals surface area contributed by atoms with Gasteiger partial charge in [0.15, 0.2) is 5.76 Å². The number of carbonyl (C=O) groups excluding carboxylic acids is 1. The Labute approximate surface area is 196 Å². The third kappa shape index (κ3) is 3.76. The Hall–Kier alpha value is -4.57. The highest BCUT2D eigenvalue weighted by Gasteiger charge is 2.28. The molecule has 0 aliphatic carbocycles. The lowest BCUT2D eigenvalue weighted by atomic mass is 10.0. The number of aromatic nitrogens is 2. The number of hydrogen-bond acceptors (Lipinski definition) is 6. The molecule has 7 heteroatoms. The predicted molar refractivity (Wildman–Crippen MR) is 128 cm³/mol. The van der Waals surface area contributed by atoms with Crippen LogP contribution in [-0.2, 0) is 6.54 Å². The number of unbranched alkanes of at least 4 members (excludes halogenated alkanes) is 1. The van der Waals surface area contributed by atoms with E-state index >= 15 is 0 Å². The fourth-order valence-corrected chi connectivity index (χ4v) is 4.25. The number of ether oxygens (including phenoxy) is 2. The molecule has 34 heavy (non-hydrogen) atoms. The van der Waals surface area contributed by atoms with Gasteiger partial charge in [-0.15, -0.1) is 0 Å². The second kappa shape index (κ2) is 8.75. The van der Waals surface area contributed by atoms with Crippen molar-refractivity contribution >= 4 is 22.8 Å². The van der Waals surface area contributed by atoms with Crippen molar-refractivity contribution in [1.29, 1.82) is 5.26 Å². The van der Waals surface area contributed by atoms with Crippen molar-refractivity contribution in [1.82, 2.24) is 9.55 Å². The molecule has 0 bridgehead atoms. The molecule has 0 saturated carbocycles. The van der Waals surface area contributed by atoms with E-state index in [0.717, 1.165) is 27.6 Å².